The van der Waals surface area contributed by atoms with Gasteiger partial charge in [0.25, 0.3) is 10.0 Å². The summed E-state index contributed by atoms with van der Waals surface area (Å²) in [5, 5.41) is 9.01. The first kappa shape index (κ1) is 16.9. The molecule has 22 heavy (non-hydrogen) atoms. The highest BCUT2D eigenvalue weighted by atomic mass is 79.9. The third kappa shape index (κ3) is 3.65. The van der Waals surface area contributed by atoms with E-state index in [0.29, 0.717) is 4.47 Å². The van der Waals surface area contributed by atoms with Gasteiger partial charge in [-0.15, -0.1) is 0 Å². The highest BCUT2D eigenvalue weighted by molar-refractivity contribution is 9.10. The SMILES string of the molecule is O=C(O)c1cc(S(=O)(=O)Nc2ccc(Br)cc2F)ccc1Br. The molecule has 0 radical (unpaired) electrons. The number of carboxylic acids is 1. The Bertz CT molecular complexity index is 855. The Kier molecular flexibility index (Phi) is 4.88. The maximum absolute atomic E-state index is 13.7. The van der Waals surface area contributed by atoms with E-state index in [1.165, 1.54) is 24.3 Å². The van der Waals surface area contributed by atoms with E-state index in [0.717, 1.165) is 12.1 Å². The van der Waals surface area contributed by atoms with Crippen molar-refractivity contribution in [1.29, 1.82) is 0 Å². The Morgan fingerprint density at radius 1 is 1.14 bits per heavy atom. The van der Waals surface area contributed by atoms with E-state index in [1.54, 1.807) is 0 Å². The van der Waals surface area contributed by atoms with Crippen LogP contribution in [0.25, 0.3) is 0 Å². The molecule has 0 atom stereocenters. The number of carboxylic acid groups (broad SMARTS) is 1. The van der Waals surface area contributed by atoms with Gasteiger partial charge in [-0.25, -0.2) is 17.6 Å². The molecule has 5 nitrogen and oxygen atoms in total. The molecule has 0 saturated carbocycles. The van der Waals surface area contributed by atoms with Crippen LogP contribution in [0, 0.1) is 5.82 Å². The molecular weight excluding hydrogens is 445 g/mol. The first-order valence-electron chi connectivity index (χ1n) is 5.71. The lowest BCUT2D eigenvalue weighted by Crippen LogP contribution is -2.15. The second-order valence-electron chi connectivity index (χ2n) is 4.18. The van der Waals surface area contributed by atoms with Crippen molar-refractivity contribution in [3.63, 3.8) is 0 Å². The minimum absolute atomic E-state index is 0.209. The van der Waals surface area contributed by atoms with Gasteiger partial charge in [-0.05, 0) is 52.3 Å². The van der Waals surface area contributed by atoms with Gasteiger partial charge in [0.1, 0.15) is 5.82 Å². The van der Waals surface area contributed by atoms with E-state index in [1.807, 2.05) is 0 Å². The van der Waals surface area contributed by atoms with Crippen LogP contribution in [0.3, 0.4) is 0 Å². The van der Waals surface area contributed by atoms with Gasteiger partial charge in [0.2, 0.25) is 0 Å². The summed E-state index contributed by atoms with van der Waals surface area (Å²) in [6.45, 7) is 0. The molecular formula is C13H8Br2FNO4S. The van der Waals surface area contributed by atoms with Gasteiger partial charge in [-0.2, -0.15) is 0 Å². The molecule has 2 rings (SSSR count). The quantitative estimate of drug-likeness (QED) is 0.737. The van der Waals surface area contributed by atoms with Crippen LogP contribution in [0.4, 0.5) is 10.1 Å². The van der Waals surface area contributed by atoms with Crippen molar-refractivity contribution in [3.05, 3.63) is 56.7 Å². The van der Waals surface area contributed by atoms with E-state index < -0.39 is 21.8 Å². The lowest BCUT2D eigenvalue weighted by molar-refractivity contribution is 0.0695. The van der Waals surface area contributed by atoms with E-state index >= 15 is 0 Å². The van der Waals surface area contributed by atoms with E-state index in [9.17, 15) is 17.6 Å². The van der Waals surface area contributed by atoms with Gasteiger partial charge < -0.3 is 5.11 Å². The minimum Gasteiger partial charge on any atom is -0.478 e. The molecule has 0 spiro atoms. The Balaban J connectivity index is 2.42. The van der Waals surface area contributed by atoms with Crippen LogP contribution < -0.4 is 4.72 Å². The fourth-order valence-electron chi connectivity index (χ4n) is 1.61. The van der Waals surface area contributed by atoms with Crippen molar-refractivity contribution < 1.29 is 22.7 Å². The number of rotatable bonds is 4. The standard InChI is InChI=1S/C13H8Br2FNO4S/c14-7-1-4-12(11(16)5-7)17-22(20,21)8-2-3-10(15)9(6-8)13(18)19/h1-6,17H,(H,18,19). The summed E-state index contributed by atoms with van der Waals surface area (Å²) in [5.74, 6) is -2.03. The number of aromatic carboxylic acids is 1. The molecule has 0 unspecified atom stereocenters. The van der Waals surface area contributed by atoms with Crippen molar-refractivity contribution >= 4 is 53.5 Å². The highest BCUT2D eigenvalue weighted by Gasteiger charge is 2.19. The number of anilines is 1. The topological polar surface area (TPSA) is 83.5 Å². The Morgan fingerprint density at radius 2 is 1.82 bits per heavy atom. The lowest BCUT2D eigenvalue weighted by atomic mass is 10.2. The molecule has 116 valence electrons. The average Bonchev–Trinajstić information content (AvgIpc) is 2.42. The molecule has 0 bridgehead atoms. The third-order valence-corrected chi connectivity index (χ3v) is 5.20. The summed E-state index contributed by atoms with van der Waals surface area (Å²) in [4.78, 5) is 10.8. The lowest BCUT2D eigenvalue weighted by Gasteiger charge is -2.10. The number of hydrogen-bond acceptors (Lipinski definition) is 3. The van der Waals surface area contributed by atoms with Crippen molar-refractivity contribution in [2.24, 2.45) is 0 Å². The molecule has 0 aliphatic rings. The highest BCUT2D eigenvalue weighted by Crippen LogP contribution is 2.25. The fraction of sp³-hybridized carbons (Fsp3) is 0. The second kappa shape index (κ2) is 6.35. The second-order valence-corrected chi connectivity index (χ2v) is 7.63. The van der Waals surface area contributed by atoms with Crippen molar-refractivity contribution in [1.82, 2.24) is 0 Å². The summed E-state index contributed by atoms with van der Waals surface area (Å²) < 4.78 is 41.0. The minimum atomic E-state index is -4.11. The number of sulfonamides is 1. The zero-order valence-corrected chi connectivity index (χ0v) is 14.7. The third-order valence-electron chi connectivity index (χ3n) is 2.65. The predicted molar refractivity (Wildman–Crippen MR) is 86.0 cm³/mol. The van der Waals surface area contributed by atoms with E-state index in [4.69, 9.17) is 5.11 Å². The van der Waals surface area contributed by atoms with Crippen LogP contribution >= 0.6 is 31.9 Å². The van der Waals surface area contributed by atoms with Crippen LogP contribution in [0.1, 0.15) is 10.4 Å². The largest absolute Gasteiger partial charge is 0.478 e. The summed E-state index contributed by atoms with van der Waals surface area (Å²) in [5.41, 5.74) is -0.442. The fourth-order valence-corrected chi connectivity index (χ4v) is 3.45. The van der Waals surface area contributed by atoms with Crippen molar-refractivity contribution in [3.8, 4) is 0 Å². The van der Waals surface area contributed by atoms with Crippen LogP contribution in [0.15, 0.2) is 50.2 Å². The van der Waals surface area contributed by atoms with Gasteiger partial charge in [-0.1, -0.05) is 15.9 Å². The summed E-state index contributed by atoms with van der Waals surface area (Å²) in [6.07, 6.45) is 0. The van der Waals surface area contributed by atoms with Crippen molar-refractivity contribution in [2.75, 3.05) is 4.72 Å². The molecule has 0 fully saturated rings. The van der Waals surface area contributed by atoms with Gasteiger partial charge in [0.15, 0.2) is 0 Å². The van der Waals surface area contributed by atoms with Gasteiger partial charge in [0.05, 0.1) is 16.1 Å². The van der Waals surface area contributed by atoms with Crippen LogP contribution in [0.5, 0.6) is 0 Å². The Morgan fingerprint density at radius 3 is 2.41 bits per heavy atom. The molecule has 0 heterocycles. The van der Waals surface area contributed by atoms with E-state index in [-0.39, 0.29) is 20.6 Å². The molecule has 0 amide bonds. The zero-order chi connectivity index (χ0) is 16.5. The Hall–Kier alpha value is -1.45. The zero-order valence-electron chi connectivity index (χ0n) is 10.7. The first-order chi connectivity index (χ1) is 10.2. The molecule has 2 aromatic rings. The normalized spacial score (nSPS) is 11.2. The monoisotopic (exact) mass is 451 g/mol. The summed E-state index contributed by atoms with van der Waals surface area (Å²) in [7, 11) is -4.11. The number of carbonyl (C=O) groups is 1. The van der Waals surface area contributed by atoms with Crippen molar-refractivity contribution in [2.45, 2.75) is 4.90 Å². The molecule has 2 aromatic carbocycles. The van der Waals surface area contributed by atoms with Crippen LogP contribution in [-0.2, 0) is 10.0 Å². The summed E-state index contributed by atoms with van der Waals surface area (Å²) in [6, 6.07) is 7.36. The number of nitrogens with one attached hydrogen (secondary N) is 1. The predicted octanol–water partition coefficient (Wildman–Crippen LogP) is 3.85. The molecule has 2 N–H and O–H groups in total. The first-order valence-corrected chi connectivity index (χ1v) is 8.78. The molecule has 0 aromatic heterocycles. The number of hydrogen-bond donors (Lipinski definition) is 2. The van der Waals surface area contributed by atoms with E-state index in [2.05, 4.69) is 36.6 Å². The van der Waals surface area contributed by atoms with Gasteiger partial charge in [-0.3, -0.25) is 4.72 Å². The maximum atomic E-state index is 13.7. The molecule has 0 aliphatic carbocycles. The van der Waals surface area contributed by atoms with Crippen LogP contribution in [-0.4, -0.2) is 19.5 Å². The number of halogens is 3. The molecule has 0 aliphatic heterocycles. The summed E-state index contributed by atoms with van der Waals surface area (Å²) >= 11 is 6.09. The van der Waals surface area contributed by atoms with Gasteiger partial charge >= 0.3 is 5.97 Å². The maximum Gasteiger partial charge on any atom is 0.336 e. The number of benzene rings is 2. The van der Waals surface area contributed by atoms with Crippen LogP contribution in [0.2, 0.25) is 0 Å². The molecule has 0 saturated heterocycles. The smallest absolute Gasteiger partial charge is 0.336 e. The Labute approximate surface area is 142 Å². The molecule has 9 heteroatoms. The van der Waals surface area contributed by atoms with Gasteiger partial charge in [0, 0.05) is 8.95 Å². The average molecular weight is 453 g/mol.